The largest absolute Gasteiger partial charge is 0.300 e. The maximum absolute atomic E-state index is 11.2. The standard InChI is InChI=1S/C13H14O2/c1-10-5-3-4-6-12(10)7-8-13(15)9-11(2)14/h3-8H,9H2,1-2H3/b8-7+. The molecule has 1 aromatic rings. The van der Waals surface area contributed by atoms with Crippen molar-refractivity contribution in [1.82, 2.24) is 0 Å². The van der Waals surface area contributed by atoms with Crippen LogP contribution in [0.3, 0.4) is 0 Å². The molecule has 0 radical (unpaired) electrons. The molecule has 0 N–H and O–H groups in total. The first-order valence-corrected chi connectivity index (χ1v) is 4.85. The summed E-state index contributed by atoms with van der Waals surface area (Å²) in [5.41, 5.74) is 2.12. The number of allylic oxidation sites excluding steroid dienone is 1. The summed E-state index contributed by atoms with van der Waals surface area (Å²) in [5, 5.41) is 0. The zero-order chi connectivity index (χ0) is 11.3. The van der Waals surface area contributed by atoms with Gasteiger partial charge in [0.2, 0.25) is 0 Å². The Morgan fingerprint density at radius 1 is 1.27 bits per heavy atom. The lowest BCUT2D eigenvalue weighted by atomic mass is 10.1. The van der Waals surface area contributed by atoms with Crippen LogP contribution in [-0.2, 0) is 9.59 Å². The van der Waals surface area contributed by atoms with E-state index in [4.69, 9.17) is 0 Å². The van der Waals surface area contributed by atoms with Crippen molar-refractivity contribution in [2.45, 2.75) is 20.3 Å². The molecule has 1 rings (SSSR count). The Labute approximate surface area is 89.6 Å². The van der Waals surface area contributed by atoms with E-state index in [1.165, 1.54) is 13.0 Å². The van der Waals surface area contributed by atoms with Crippen LogP contribution in [0.5, 0.6) is 0 Å². The Bertz CT molecular complexity index is 403. The highest BCUT2D eigenvalue weighted by molar-refractivity contribution is 6.05. The van der Waals surface area contributed by atoms with Crippen molar-refractivity contribution in [2.24, 2.45) is 0 Å². The van der Waals surface area contributed by atoms with Crippen LogP contribution in [-0.4, -0.2) is 11.6 Å². The SMILES string of the molecule is CC(=O)CC(=O)/C=C/c1ccccc1C. The lowest BCUT2D eigenvalue weighted by Gasteiger charge is -1.97. The molecule has 15 heavy (non-hydrogen) atoms. The molecule has 0 bridgehead atoms. The maximum Gasteiger partial charge on any atom is 0.163 e. The average Bonchev–Trinajstić information content (AvgIpc) is 2.15. The molecule has 0 aliphatic rings. The summed E-state index contributed by atoms with van der Waals surface area (Å²) in [6.07, 6.45) is 3.20. The van der Waals surface area contributed by atoms with Gasteiger partial charge in [-0.3, -0.25) is 9.59 Å². The van der Waals surface area contributed by atoms with Crippen LogP contribution in [0.15, 0.2) is 30.3 Å². The molecule has 0 atom stereocenters. The average molecular weight is 202 g/mol. The van der Waals surface area contributed by atoms with Gasteiger partial charge < -0.3 is 0 Å². The van der Waals surface area contributed by atoms with E-state index in [2.05, 4.69) is 0 Å². The van der Waals surface area contributed by atoms with Gasteiger partial charge in [-0.25, -0.2) is 0 Å². The van der Waals surface area contributed by atoms with E-state index in [0.29, 0.717) is 0 Å². The van der Waals surface area contributed by atoms with Gasteiger partial charge in [-0.1, -0.05) is 30.3 Å². The normalized spacial score (nSPS) is 10.5. The van der Waals surface area contributed by atoms with Crippen molar-refractivity contribution in [3.05, 3.63) is 41.5 Å². The van der Waals surface area contributed by atoms with E-state index >= 15 is 0 Å². The quantitative estimate of drug-likeness (QED) is 0.555. The summed E-state index contributed by atoms with van der Waals surface area (Å²) in [7, 11) is 0. The van der Waals surface area contributed by atoms with Crippen molar-refractivity contribution in [3.8, 4) is 0 Å². The summed E-state index contributed by atoms with van der Waals surface area (Å²) >= 11 is 0. The second-order valence-electron chi connectivity index (χ2n) is 3.54. The van der Waals surface area contributed by atoms with Crippen LogP contribution in [0.25, 0.3) is 6.08 Å². The number of aryl methyl sites for hydroxylation is 1. The third-order valence-electron chi connectivity index (χ3n) is 2.06. The maximum atomic E-state index is 11.2. The van der Waals surface area contributed by atoms with Gasteiger partial charge in [0.25, 0.3) is 0 Å². The number of hydrogen-bond donors (Lipinski definition) is 0. The smallest absolute Gasteiger partial charge is 0.163 e. The lowest BCUT2D eigenvalue weighted by Crippen LogP contribution is -2.00. The van der Waals surface area contributed by atoms with Crippen molar-refractivity contribution in [1.29, 1.82) is 0 Å². The van der Waals surface area contributed by atoms with E-state index in [1.807, 2.05) is 31.2 Å². The highest BCUT2D eigenvalue weighted by Gasteiger charge is 2.00. The molecule has 78 valence electrons. The summed E-state index contributed by atoms with van der Waals surface area (Å²) in [4.78, 5) is 21.9. The van der Waals surface area contributed by atoms with Gasteiger partial charge in [-0.2, -0.15) is 0 Å². The van der Waals surface area contributed by atoms with Crippen molar-refractivity contribution in [2.75, 3.05) is 0 Å². The fourth-order valence-corrected chi connectivity index (χ4v) is 1.26. The molecule has 0 aliphatic heterocycles. The highest BCUT2D eigenvalue weighted by atomic mass is 16.1. The Balaban J connectivity index is 2.70. The van der Waals surface area contributed by atoms with E-state index in [-0.39, 0.29) is 18.0 Å². The summed E-state index contributed by atoms with van der Waals surface area (Å²) in [6, 6.07) is 7.79. The van der Waals surface area contributed by atoms with Crippen LogP contribution in [0.2, 0.25) is 0 Å². The minimum atomic E-state index is -0.147. The Hall–Kier alpha value is -1.70. The molecular formula is C13H14O2. The monoisotopic (exact) mass is 202 g/mol. The highest BCUT2D eigenvalue weighted by Crippen LogP contribution is 2.08. The van der Waals surface area contributed by atoms with Crippen LogP contribution < -0.4 is 0 Å². The molecule has 0 saturated heterocycles. The topological polar surface area (TPSA) is 34.1 Å². The molecule has 2 heteroatoms. The molecule has 0 heterocycles. The van der Waals surface area contributed by atoms with Gasteiger partial charge in [0.15, 0.2) is 5.78 Å². The number of rotatable bonds is 4. The first-order valence-electron chi connectivity index (χ1n) is 4.85. The molecule has 1 aromatic carbocycles. The van der Waals surface area contributed by atoms with E-state index < -0.39 is 0 Å². The molecule has 0 spiro atoms. The van der Waals surface area contributed by atoms with Gasteiger partial charge >= 0.3 is 0 Å². The first-order chi connectivity index (χ1) is 7.09. The zero-order valence-electron chi connectivity index (χ0n) is 8.99. The van der Waals surface area contributed by atoms with E-state index in [1.54, 1.807) is 6.08 Å². The molecule has 2 nitrogen and oxygen atoms in total. The summed E-state index contributed by atoms with van der Waals surface area (Å²) < 4.78 is 0. The fourth-order valence-electron chi connectivity index (χ4n) is 1.26. The van der Waals surface area contributed by atoms with Gasteiger partial charge in [0.05, 0.1) is 6.42 Å². The number of hydrogen-bond acceptors (Lipinski definition) is 2. The minimum Gasteiger partial charge on any atom is -0.300 e. The van der Waals surface area contributed by atoms with Crippen molar-refractivity contribution in [3.63, 3.8) is 0 Å². The molecule has 0 aliphatic carbocycles. The summed E-state index contributed by atoms with van der Waals surface area (Å²) in [6.45, 7) is 3.40. The summed E-state index contributed by atoms with van der Waals surface area (Å²) in [5.74, 6) is -0.250. The molecular weight excluding hydrogens is 188 g/mol. The number of carbonyl (C=O) groups is 2. The van der Waals surface area contributed by atoms with Crippen molar-refractivity contribution >= 4 is 17.6 Å². The Morgan fingerprint density at radius 3 is 2.53 bits per heavy atom. The molecule has 0 amide bonds. The predicted molar refractivity (Wildman–Crippen MR) is 60.5 cm³/mol. The van der Waals surface area contributed by atoms with Gasteiger partial charge in [-0.15, -0.1) is 0 Å². The van der Waals surface area contributed by atoms with Crippen LogP contribution >= 0.6 is 0 Å². The van der Waals surface area contributed by atoms with Gasteiger partial charge in [0.1, 0.15) is 5.78 Å². The van der Waals surface area contributed by atoms with Gasteiger partial charge in [0, 0.05) is 0 Å². The number of Topliss-reactive ketones (excluding diaryl/α,β-unsaturated/α-hetero) is 1. The lowest BCUT2D eigenvalue weighted by molar-refractivity contribution is -0.123. The Morgan fingerprint density at radius 2 is 1.93 bits per heavy atom. The van der Waals surface area contributed by atoms with Crippen molar-refractivity contribution < 1.29 is 9.59 Å². The second kappa shape index (κ2) is 5.25. The first kappa shape index (κ1) is 11.4. The molecule has 0 fully saturated rings. The fraction of sp³-hybridized carbons (Fsp3) is 0.231. The number of ketones is 2. The second-order valence-corrected chi connectivity index (χ2v) is 3.54. The zero-order valence-corrected chi connectivity index (χ0v) is 8.99. The third-order valence-corrected chi connectivity index (χ3v) is 2.06. The molecule has 0 aromatic heterocycles. The predicted octanol–water partition coefficient (Wildman–Crippen LogP) is 2.56. The van der Waals surface area contributed by atoms with Crippen LogP contribution in [0.1, 0.15) is 24.5 Å². The number of carbonyl (C=O) groups excluding carboxylic acids is 2. The van der Waals surface area contributed by atoms with E-state index in [0.717, 1.165) is 11.1 Å². The third kappa shape index (κ3) is 3.90. The number of benzene rings is 1. The minimum absolute atomic E-state index is 0.0115. The molecule has 0 saturated carbocycles. The molecule has 0 unspecified atom stereocenters. The van der Waals surface area contributed by atoms with Crippen LogP contribution in [0, 0.1) is 6.92 Å². The van der Waals surface area contributed by atoms with Crippen LogP contribution in [0.4, 0.5) is 0 Å². The Kier molecular flexibility index (Phi) is 3.98. The van der Waals surface area contributed by atoms with Gasteiger partial charge in [-0.05, 0) is 31.1 Å². The van der Waals surface area contributed by atoms with E-state index in [9.17, 15) is 9.59 Å².